The van der Waals surface area contributed by atoms with E-state index in [-0.39, 0.29) is 17.3 Å². The molecule has 3 unspecified atom stereocenters. The van der Waals surface area contributed by atoms with E-state index >= 15 is 0 Å². The van der Waals surface area contributed by atoms with E-state index in [4.69, 9.17) is 0 Å². The van der Waals surface area contributed by atoms with Crippen LogP contribution in [0, 0.1) is 11.8 Å². The van der Waals surface area contributed by atoms with Crippen LogP contribution >= 0.6 is 0 Å². The van der Waals surface area contributed by atoms with Gasteiger partial charge in [0.05, 0.1) is 16.6 Å². The van der Waals surface area contributed by atoms with Gasteiger partial charge in [-0.3, -0.25) is 4.57 Å². The third-order valence-electron chi connectivity index (χ3n) is 4.98. The fraction of sp³-hybridized carbons (Fsp3) is 0.500. The van der Waals surface area contributed by atoms with E-state index in [1.165, 1.54) is 12.5 Å². The number of carbonyl (C=O) groups is 1. The molecule has 5 heteroatoms. The van der Waals surface area contributed by atoms with Gasteiger partial charge in [-0.15, -0.1) is 0 Å². The number of H-pyrrole nitrogens is 1. The summed E-state index contributed by atoms with van der Waals surface area (Å²) in [5.74, 6) is -0.0359. The van der Waals surface area contributed by atoms with Crippen molar-refractivity contribution >= 4 is 17.0 Å². The van der Waals surface area contributed by atoms with Gasteiger partial charge in [-0.25, -0.2) is 9.59 Å². The monoisotopic (exact) mass is 288 g/mol. The molecule has 1 aliphatic carbocycles. The molecule has 1 heterocycles. The topological polar surface area (TPSA) is 75.1 Å². The Morgan fingerprint density at radius 2 is 2.10 bits per heavy atom. The van der Waals surface area contributed by atoms with Gasteiger partial charge < -0.3 is 10.1 Å². The summed E-state index contributed by atoms with van der Waals surface area (Å²) in [5.41, 5.74) is 1.08. The number of aromatic nitrogens is 2. The first-order valence-electron chi connectivity index (χ1n) is 7.47. The molecule has 0 saturated heterocycles. The molecule has 21 heavy (non-hydrogen) atoms. The number of carboxylic acid groups (broad SMARTS) is 1. The molecule has 5 nitrogen and oxygen atoms in total. The van der Waals surface area contributed by atoms with Crippen molar-refractivity contribution in [2.45, 2.75) is 39.2 Å². The molecule has 2 N–H and O–H groups in total. The lowest BCUT2D eigenvalue weighted by molar-refractivity contribution is 0.0699. The van der Waals surface area contributed by atoms with Crippen molar-refractivity contribution in [3.05, 3.63) is 34.2 Å². The predicted octanol–water partition coefficient (Wildman–Crippen LogP) is 3.03. The lowest BCUT2D eigenvalue weighted by Crippen LogP contribution is -2.32. The number of fused-ring (bicyclic) bond motifs is 1. The van der Waals surface area contributed by atoms with Crippen molar-refractivity contribution in [2.24, 2.45) is 11.8 Å². The number of carboxylic acids is 1. The van der Waals surface area contributed by atoms with Crippen LogP contribution in [0.25, 0.3) is 11.0 Å². The first kappa shape index (κ1) is 13.9. The van der Waals surface area contributed by atoms with Crippen LogP contribution in [-0.4, -0.2) is 20.6 Å². The molecule has 1 saturated carbocycles. The van der Waals surface area contributed by atoms with Crippen molar-refractivity contribution in [3.63, 3.8) is 0 Å². The number of aromatic amines is 1. The molecule has 1 aromatic carbocycles. The second-order valence-electron chi connectivity index (χ2n) is 6.14. The van der Waals surface area contributed by atoms with E-state index in [0.29, 0.717) is 22.9 Å². The highest BCUT2D eigenvalue weighted by Crippen LogP contribution is 2.38. The van der Waals surface area contributed by atoms with E-state index in [1.54, 1.807) is 10.6 Å². The first-order chi connectivity index (χ1) is 10.0. The minimum Gasteiger partial charge on any atom is -0.478 e. The summed E-state index contributed by atoms with van der Waals surface area (Å²) in [6.07, 6.45) is 3.26. The summed E-state index contributed by atoms with van der Waals surface area (Å²) >= 11 is 0. The minimum absolute atomic E-state index is 0.138. The van der Waals surface area contributed by atoms with Crippen LogP contribution in [0.15, 0.2) is 23.0 Å². The number of nitrogens with one attached hydrogen (secondary N) is 1. The van der Waals surface area contributed by atoms with Gasteiger partial charge in [-0.2, -0.15) is 0 Å². The largest absolute Gasteiger partial charge is 0.478 e. The van der Waals surface area contributed by atoms with Gasteiger partial charge in [-0.05, 0) is 30.4 Å². The van der Waals surface area contributed by atoms with Crippen molar-refractivity contribution in [1.82, 2.24) is 9.55 Å². The number of hydrogen-bond donors (Lipinski definition) is 2. The quantitative estimate of drug-likeness (QED) is 0.892. The zero-order valence-electron chi connectivity index (χ0n) is 12.3. The Balaban J connectivity index is 2.19. The van der Waals surface area contributed by atoms with E-state index in [1.807, 2.05) is 6.07 Å². The number of nitrogens with zero attached hydrogens (tertiary/aromatic N) is 1. The number of para-hydroxylation sites is 1. The zero-order chi connectivity index (χ0) is 15.1. The summed E-state index contributed by atoms with van der Waals surface area (Å²) in [6, 6.07) is 5.19. The minimum atomic E-state index is -1.01. The van der Waals surface area contributed by atoms with Gasteiger partial charge in [0, 0.05) is 6.04 Å². The molecule has 0 bridgehead atoms. The van der Waals surface area contributed by atoms with Crippen LogP contribution in [0.1, 0.15) is 49.5 Å². The smallest absolute Gasteiger partial charge is 0.337 e. The Morgan fingerprint density at radius 3 is 2.81 bits per heavy atom. The van der Waals surface area contributed by atoms with E-state index < -0.39 is 5.97 Å². The Bertz CT molecular complexity index is 744. The van der Waals surface area contributed by atoms with Crippen LogP contribution in [0.3, 0.4) is 0 Å². The second-order valence-corrected chi connectivity index (χ2v) is 6.14. The Morgan fingerprint density at radius 1 is 1.33 bits per heavy atom. The van der Waals surface area contributed by atoms with E-state index in [0.717, 1.165) is 12.8 Å². The molecule has 3 rings (SSSR count). The third-order valence-corrected chi connectivity index (χ3v) is 4.98. The molecule has 0 aliphatic heterocycles. The lowest BCUT2D eigenvalue weighted by Gasteiger charge is -2.34. The highest BCUT2D eigenvalue weighted by molar-refractivity contribution is 6.00. The van der Waals surface area contributed by atoms with Crippen LogP contribution in [0.4, 0.5) is 0 Å². The van der Waals surface area contributed by atoms with Crippen molar-refractivity contribution in [3.8, 4) is 0 Å². The van der Waals surface area contributed by atoms with Gasteiger partial charge in [0.25, 0.3) is 0 Å². The summed E-state index contributed by atoms with van der Waals surface area (Å²) in [4.78, 5) is 26.4. The van der Waals surface area contributed by atoms with Crippen molar-refractivity contribution in [2.75, 3.05) is 0 Å². The van der Waals surface area contributed by atoms with Crippen LogP contribution < -0.4 is 5.69 Å². The number of aromatic carboxylic acids is 1. The molecule has 112 valence electrons. The zero-order valence-corrected chi connectivity index (χ0v) is 12.3. The summed E-state index contributed by atoms with van der Waals surface area (Å²) in [6.45, 7) is 4.40. The van der Waals surface area contributed by atoms with Gasteiger partial charge >= 0.3 is 11.7 Å². The first-order valence-corrected chi connectivity index (χ1v) is 7.47. The standard InChI is InChI=1S/C16H20N2O3/c1-9-5-3-7-12(10(9)2)18-13-8-4-6-11(15(19)20)14(13)17-16(18)21/h4,6,8-10,12H,3,5,7H2,1-2H3,(H,17,21)(H,19,20). The van der Waals surface area contributed by atoms with Crippen LogP contribution in [0.2, 0.25) is 0 Å². The average molecular weight is 288 g/mol. The van der Waals surface area contributed by atoms with Gasteiger partial charge in [-0.1, -0.05) is 32.8 Å². The molecule has 3 atom stereocenters. The Kier molecular flexibility index (Phi) is 3.35. The SMILES string of the molecule is CC1CCCC(n2c(=O)[nH]c3c(C(=O)O)cccc32)C1C. The fourth-order valence-corrected chi connectivity index (χ4v) is 3.57. The van der Waals surface area contributed by atoms with E-state index in [2.05, 4.69) is 18.8 Å². The fourth-order valence-electron chi connectivity index (χ4n) is 3.57. The maximum atomic E-state index is 12.4. The molecule has 0 spiro atoms. The lowest BCUT2D eigenvalue weighted by atomic mass is 9.78. The maximum Gasteiger partial charge on any atom is 0.337 e. The van der Waals surface area contributed by atoms with Crippen LogP contribution in [-0.2, 0) is 0 Å². The van der Waals surface area contributed by atoms with Crippen molar-refractivity contribution in [1.29, 1.82) is 0 Å². The highest BCUT2D eigenvalue weighted by atomic mass is 16.4. The summed E-state index contributed by atoms with van der Waals surface area (Å²) < 4.78 is 1.77. The molecular weight excluding hydrogens is 268 g/mol. The van der Waals surface area contributed by atoms with E-state index in [9.17, 15) is 14.7 Å². The molecule has 0 radical (unpaired) electrons. The molecule has 1 aliphatic rings. The van der Waals surface area contributed by atoms with Crippen LogP contribution in [0.5, 0.6) is 0 Å². The molecule has 1 fully saturated rings. The Hall–Kier alpha value is -2.04. The highest BCUT2D eigenvalue weighted by Gasteiger charge is 2.30. The van der Waals surface area contributed by atoms with Gasteiger partial charge in [0.1, 0.15) is 0 Å². The molecule has 1 aromatic heterocycles. The number of benzene rings is 1. The predicted molar refractivity (Wildman–Crippen MR) is 80.7 cm³/mol. The molecular formula is C16H20N2O3. The molecule has 2 aromatic rings. The summed E-state index contributed by atoms with van der Waals surface area (Å²) in [7, 11) is 0. The number of imidazole rings is 1. The maximum absolute atomic E-state index is 12.4. The molecule has 0 amide bonds. The summed E-state index contributed by atoms with van der Waals surface area (Å²) in [5, 5.41) is 9.26. The number of hydrogen-bond acceptors (Lipinski definition) is 2. The third kappa shape index (κ3) is 2.17. The van der Waals surface area contributed by atoms with Gasteiger partial charge in [0.2, 0.25) is 0 Å². The van der Waals surface area contributed by atoms with Gasteiger partial charge in [0.15, 0.2) is 0 Å². The number of rotatable bonds is 2. The average Bonchev–Trinajstić information content (AvgIpc) is 2.77. The second kappa shape index (κ2) is 5.06. The van der Waals surface area contributed by atoms with Crippen molar-refractivity contribution < 1.29 is 9.90 Å². The Labute approximate surface area is 122 Å². The normalized spacial score (nSPS) is 26.1.